The van der Waals surface area contributed by atoms with Gasteiger partial charge in [0.15, 0.2) is 0 Å². The molecule has 0 fully saturated rings. The monoisotopic (exact) mass is 252 g/mol. The maximum atomic E-state index is 8.81. The number of benzene rings is 1. The van der Waals surface area contributed by atoms with E-state index in [1.54, 1.807) is 18.0 Å². The maximum absolute atomic E-state index is 8.81. The minimum atomic E-state index is 0.0739. The normalized spacial score (nSPS) is 10.5. The van der Waals surface area contributed by atoms with Gasteiger partial charge < -0.3 is 9.84 Å². The molecule has 4 nitrogen and oxygen atoms in total. The molecule has 0 aliphatic carbocycles. The molecular formula is C12H13ClN2O2. The average Bonchev–Trinajstić information content (AvgIpc) is 2.78. The fraction of sp³-hybridized carbons (Fsp3) is 0.250. The van der Waals surface area contributed by atoms with E-state index in [-0.39, 0.29) is 6.61 Å². The van der Waals surface area contributed by atoms with E-state index >= 15 is 0 Å². The maximum Gasteiger partial charge on any atom is 0.137 e. The summed E-state index contributed by atoms with van der Waals surface area (Å²) >= 11 is 6.06. The number of ether oxygens (including phenoxy) is 1. The van der Waals surface area contributed by atoms with Gasteiger partial charge >= 0.3 is 0 Å². The Morgan fingerprint density at radius 2 is 2.24 bits per heavy atom. The molecule has 0 bridgehead atoms. The molecule has 0 saturated carbocycles. The lowest BCUT2D eigenvalue weighted by Gasteiger charge is -2.04. The van der Waals surface area contributed by atoms with Crippen LogP contribution in [0.3, 0.4) is 0 Å². The third kappa shape index (κ3) is 2.60. The van der Waals surface area contributed by atoms with E-state index in [2.05, 4.69) is 5.10 Å². The molecule has 0 aliphatic rings. The van der Waals surface area contributed by atoms with Crippen LogP contribution in [-0.4, -0.2) is 28.6 Å². The molecule has 1 aromatic carbocycles. The number of rotatable bonds is 4. The van der Waals surface area contributed by atoms with Gasteiger partial charge in [0.05, 0.1) is 31.5 Å². The van der Waals surface area contributed by atoms with Crippen LogP contribution in [0.25, 0.3) is 11.1 Å². The molecule has 0 aliphatic heterocycles. The summed E-state index contributed by atoms with van der Waals surface area (Å²) in [6.07, 6.45) is 3.61. The molecule has 0 atom stereocenters. The van der Waals surface area contributed by atoms with Crippen molar-refractivity contribution in [3.05, 3.63) is 35.6 Å². The highest BCUT2D eigenvalue weighted by atomic mass is 35.5. The fourth-order valence-electron chi connectivity index (χ4n) is 1.58. The van der Waals surface area contributed by atoms with E-state index < -0.39 is 0 Å². The van der Waals surface area contributed by atoms with E-state index in [4.69, 9.17) is 21.4 Å². The zero-order valence-electron chi connectivity index (χ0n) is 9.43. The van der Waals surface area contributed by atoms with Gasteiger partial charge in [-0.15, -0.1) is 0 Å². The third-order valence-corrected chi connectivity index (χ3v) is 2.74. The smallest absolute Gasteiger partial charge is 0.137 e. The van der Waals surface area contributed by atoms with Crippen molar-refractivity contribution >= 4 is 11.6 Å². The first-order chi connectivity index (χ1) is 8.24. The van der Waals surface area contributed by atoms with Crippen LogP contribution in [0.15, 0.2) is 30.6 Å². The van der Waals surface area contributed by atoms with E-state index in [9.17, 15) is 0 Å². The Labute approximate surface area is 104 Å². The number of nitrogens with zero attached hydrogens (tertiary/aromatic N) is 2. The zero-order valence-corrected chi connectivity index (χ0v) is 10.2. The summed E-state index contributed by atoms with van der Waals surface area (Å²) in [6, 6.07) is 5.58. The highest BCUT2D eigenvalue weighted by Crippen LogP contribution is 2.29. The summed E-state index contributed by atoms with van der Waals surface area (Å²) in [7, 11) is 1.58. The first-order valence-corrected chi connectivity index (χ1v) is 5.59. The van der Waals surface area contributed by atoms with Gasteiger partial charge in [0.25, 0.3) is 0 Å². The highest BCUT2D eigenvalue weighted by molar-refractivity contribution is 6.32. The van der Waals surface area contributed by atoms with Crippen molar-refractivity contribution < 1.29 is 9.84 Å². The van der Waals surface area contributed by atoms with Gasteiger partial charge in [-0.1, -0.05) is 17.7 Å². The van der Waals surface area contributed by atoms with Crippen molar-refractivity contribution in [1.82, 2.24) is 9.78 Å². The zero-order chi connectivity index (χ0) is 12.3. The summed E-state index contributed by atoms with van der Waals surface area (Å²) < 4.78 is 6.78. The second-order valence-corrected chi connectivity index (χ2v) is 3.97. The van der Waals surface area contributed by atoms with Gasteiger partial charge in [-0.2, -0.15) is 5.10 Å². The summed E-state index contributed by atoms with van der Waals surface area (Å²) in [5.74, 6) is 0.651. The van der Waals surface area contributed by atoms with Gasteiger partial charge in [-0.05, 0) is 17.7 Å². The lowest BCUT2D eigenvalue weighted by Crippen LogP contribution is -2.01. The van der Waals surface area contributed by atoms with E-state index in [0.29, 0.717) is 17.3 Å². The summed E-state index contributed by atoms with van der Waals surface area (Å²) in [4.78, 5) is 0. The van der Waals surface area contributed by atoms with Crippen molar-refractivity contribution in [2.75, 3.05) is 13.7 Å². The Balaban J connectivity index is 2.29. The van der Waals surface area contributed by atoms with Crippen molar-refractivity contribution in [1.29, 1.82) is 0 Å². The SMILES string of the molecule is COc1ccc(-c2cnn(CCO)c2)cc1Cl. The largest absolute Gasteiger partial charge is 0.495 e. The molecule has 0 saturated heterocycles. The van der Waals surface area contributed by atoms with Crippen LogP contribution in [0.5, 0.6) is 5.75 Å². The number of aliphatic hydroxyl groups excluding tert-OH is 1. The fourth-order valence-corrected chi connectivity index (χ4v) is 1.84. The van der Waals surface area contributed by atoms with Crippen molar-refractivity contribution in [2.24, 2.45) is 0 Å². The molecule has 0 unspecified atom stereocenters. The van der Waals surface area contributed by atoms with Gasteiger partial charge in [0.2, 0.25) is 0 Å². The number of aliphatic hydroxyl groups is 1. The number of aromatic nitrogens is 2. The Kier molecular flexibility index (Phi) is 3.66. The second kappa shape index (κ2) is 5.21. The first-order valence-electron chi connectivity index (χ1n) is 5.22. The van der Waals surface area contributed by atoms with Crippen molar-refractivity contribution in [2.45, 2.75) is 6.54 Å². The molecule has 2 rings (SSSR count). The first kappa shape index (κ1) is 12.0. The molecule has 1 aromatic heterocycles. The lowest BCUT2D eigenvalue weighted by molar-refractivity contribution is 0.269. The van der Waals surface area contributed by atoms with Crippen molar-refractivity contribution in [3.63, 3.8) is 0 Å². The number of hydrogen-bond acceptors (Lipinski definition) is 3. The van der Waals surface area contributed by atoms with Crippen LogP contribution >= 0.6 is 11.6 Å². The molecule has 90 valence electrons. The van der Waals surface area contributed by atoms with Crippen LogP contribution < -0.4 is 4.74 Å². The molecule has 5 heteroatoms. The van der Waals surface area contributed by atoms with Crippen LogP contribution in [0, 0.1) is 0 Å². The van der Waals surface area contributed by atoms with Crippen LogP contribution in [-0.2, 0) is 6.54 Å². The van der Waals surface area contributed by atoms with E-state index in [1.807, 2.05) is 24.4 Å². The molecular weight excluding hydrogens is 240 g/mol. The van der Waals surface area contributed by atoms with Crippen molar-refractivity contribution in [3.8, 4) is 16.9 Å². The highest BCUT2D eigenvalue weighted by Gasteiger charge is 2.05. The molecule has 0 amide bonds. The number of halogens is 1. The van der Waals surface area contributed by atoms with Gasteiger partial charge in [-0.3, -0.25) is 4.68 Å². The molecule has 1 heterocycles. The standard InChI is InChI=1S/C12H13ClN2O2/c1-17-12-3-2-9(6-11(12)13)10-7-14-15(8-10)4-5-16/h2-3,6-8,16H,4-5H2,1H3. The van der Waals surface area contributed by atoms with E-state index in [1.165, 1.54) is 0 Å². The molecule has 1 N–H and O–H groups in total. The van der Waals surface area contributed by atoms with Gasteiger partial charge in [-0.25, -0.2) is 0 Å². The number of hydrogen-bond donors (Lipinski definition) is 1. The molecule has 2 aromatic rings. The number of methoxy groups -OCH3 is 1. The summed E-state index contributed by atoms with van der Waals surface area (Å²) in [5, 5.41) is 13.5. The van der Waals surface area contributed by atoms with Gasteiger partial charge in [0, 0.05) is 11.8 Å². The predicted octanol–water partition coefficient (Wildman–Crippen LogP) is 2.20. The minimum Gasteiger partial charge on any atom is -0.495 e. The van der Waals surface area contributed by atoms with Crippen LogP contribution in [0.4, 0.5) is 0 Å². The molecule has 17 heavy (non-hydrogen) atoms. The average molecular weight is 253 g/mol. The van der Waals surface area contributed by atoms with Crippen LogP contribution in [0.1, 0.15) is 0 Å². The summed E-state index contributed by atoms with van der Waals surface area (Å²) in [5.41, 5.74) is 1.93. The third-order valence-electron chi connectivity index (χ3n) is 2.45. The Morgan fingerprint density at radius 1 is 1.41 bits per heavy atom. The Bertz CT molecular complexity index is 511. The Hall–Kier alpha value is -1.52. The van der Waals surface area contributed by atoms with Crippen LogP contribution in [0.2, 0.25) is 5.02 Å². The topological polar surface area (TPSA) is 47.3 Å². The van der Waals surface area contributed by atoms with E-state index in [0.717, 1.165) is 11.1 Å². The second-order valence-electron chi connectivity index (χ2n) is 3.57. The summed E-state index contributed by atoms with van der Waals surface area (Å²) in [6.45, 7) is 0.564. The minimum absolute atomic E-state index is 0.0739. The lowest BCUT2D eigenvalue weighted by atomic mass is 10.1. The predicted molar refractivity (Wildman–Crippen MR) is 66.3 cm³/mol. The quantitative estimate of drug-likeness (QED) is 0.908. The van der Waals surface area contributed by atoms with Gasteiger partial charge in [0.1, 0.15) is 5.75 Å². The molecule has 0 spiro atoms. The Morgan fingerprint density at radius 3 is 2.88 bits per heavy atom. The molecule has 0 radical (unpaired) electrons.